The van der Waals surface area contributed by atoms with Crippen LogP contribution in [0.25, 0.3) is 11.1 Å². The summed E-state index contributed by atoms with van der Waals surface area (Å²) in [6.45, 7) is 8.48. The van der Waals surface area contributed by atoms with E-state index in [0.29, 0.717) is 5.56 Å². The third-order valence-electron chi connectivity index (χ3n) is 4.47. The van der Waals surface area contributed by atoms with Gasteiger partial charge in [-0.05, 0) is 46.2 Å². The molecule has 0 aliphatic heterocycles. The fraction of sp³-hybridized carbons (Fsp3) is 0.240. The van der Waals surface area contributed by atoms with Gasteiger partial charge in [0.2, 0.25) is 0 Å². The highest BCUT2D eigenvalue weighted by Gasteiger charge is 2.13. The minimum Gasteiger partial charge on any atom is -0.478 e. The standard InChI is InChI=1S/C14H14.C11H14O2/c1-2-12-8-10-14(11-9-12)13-6-4-3-5-7-13;1-11(2,3)9-6-4-8(5-7-9)10(12)13/h3-11H,2H2,1H3;4-7H,1-3H3,(H,12,13). The van der Waals surface area contributed by atoms with Crippen LogP contribution in [-0.4, -0.2) is 11.1 Å². The quantitative estimate of drug-likeness (QED) is 0.571. The predicted octanol–water partition coefficient (Wildman–Crippen LogP) is 6.60. The summed E-state index contributed by atoms with van der Waals surface area (Å²) in [7, 11) is 0. The highest BCUT2D eigenvalue weighted by molar-refractivity contribution is 5.87. The lowest BCUT2D eigenvalue weighted by atomic mass is 9.87. The van der Waals surface area contributed by atoms with Crippen LogP contribution in [0.1, 0.15) is 49.2 Å². The second-order valence-corrected chi connectivity index (χ2v) is 7.55. The van der Waals surface area contributed by atoms with Crippen molar-refractivity contribution in [1.29, 1.82) is 0 Å². The van der Waals surface area contributed by atoms with E-state index in [1.54, 1.807) is 12.1 Å². The molecule has 0 saturated heterocycles. The smallest absolute Gasteiger partial charge is 0.335 e. The van der Waals surface area contributed by atoms with E-state index in [4.69, 9.17) is 5.11 Å². The van der Waals surface area contributed by atoms with Gasteiger partial charge in [0.05, 0.1) is 5.56 Å². The number of hydrogen-bond acceptors (Lipinski definition) is 1. The van der Waals surface area contributed by atoms with Gasteiger partial charge in [0.25, 0.3) is 0 Å². The first-order chi connectivity index (χ1) is 12.8. The summed E-state index contributed by atoms with van der Waals surface area (Å²) in [5, 5.41) is 8.68. The Morgan fingerprint density at radius 2 is 1.30 bits per heavy atom. The van der Waals surface area contributed by atoms with Gasteiger partial charge in [0.15, 0.2) is 0 Å². The monoisotopic (exact) mass is 360 g/mol. The van der Waals surface area contributed by atoms with Crippen LogP contribution in [0.15, 0.2) is 78.9 Å². The van der Waals surface area contributed by atoms with Gasteiger partial charge >= 0.3 is 5.97 Å². The van der Waals surface area contributed by atoms with Crippen molar-refractivity contribution in [3.63, 3.8) is 0 Å². The van der Waals surface area contributed by atoms with Gasteiger partial charge in [0.1, 0.15) is 0 Å². The number of carbonyl (C=O) groups is 1. The molecule has 1 N–H and O–H groups in total. The second-order valence-electron chi connectivity index (χ2n) is 7.55. The van der Waals surface area contributed by atoms with Gasteiger partial charge in [-0.25, -0.2) is 4.79 Å². The lowest BCUT2D eigenvalue weighted by Gasteiger charge is -2.18. The van der Waals surface area contributed by atoms with E-state index in [-0.39, 0.29) is 5.41 Å². The van der Waals surface area contributed by atoms with E-state index in [2.05, 4.69) is 76.2 Å². The van der Waals surface area contributed by atoms with E-state index < -0.39 is 5.97 Å². The number of aryl methyl sites for hydroxylation is 1. The van der Waals surface area contributed by atoms with Crippen LogP contribution in [0.3, 0.4) is 0 Å². The average molecular weight is 360 g/mol. The molecule has 0 fully saturated rings. The summed E-state index contributed by atoms with van der Waals surface area (Å²) >= 11 is 0. The molecule has 0 unspecified atom stereocenters. The number of carboxylic acid groups (broad SMARTS) is 1. The molecule has 0 spiro atoms. The first-order valence-corrected chi connectivity index (χ1v) is 9.29. The second kappa shape index (κ2) is 9.18. The molecule has 0 aromatic heterocycles. The Labute approximate surface area is 162 Å². The lowest BCUT2D eigenvalue weighted by molar-refractivity contribution is 0.0697. The molecule has 0 radical (unpaired) electrons. The molecular formula is C25H28O2. The van der Waals surface area contributed by atoms with Crippen molar-refractivity contribution < 1.29 is 9.90 Å². The molecule has 0 bridgehead atoms. The van der Waals surface area contributed by atoms with Crippen molar-refractivity contribution in [2.75, 3.05) is 0 Å². The maximum Gasteiger partial charge on any atom is 0.335 e. The Kier molecular flexibility index (Phi) is 6.95. The summed E-state index contributed by atoms with van der Waals surface area (Å²) < 4.78 is 0. The van der Waals surface area contributed by atoms with Crippen molar-refractivity contribution >= 4 is 5.97 Å². The zero-order chi connectivity index (χ0) is 19.9. The van der Waals surface area contributed by atoms with Crippen molar-refractivity contribution in [2.45, 2.75) is 39.5 Å². The van der Waals surface area contributed by atoms with Crippen LogP contribution in [0, 0.1) is 0 Å². The molecule has 2 nitrogen and oxygen atoms in total. The summed E-state index contributed by atoms with van der Waals surface area (Å²) in [4.78, 5) is 10.6. The number of hydrogen-bond donors (Lipinski definition) is 1. The molecule has 3 aromatic carbocycles. The third-order valence-corrected chi connectivity index (χ3v) is 4.47. The van der Waals surface area contributed by atoms with Crippen molar-refractivity contribution in [3.8, 4) is 11.1 Å². The molecule has 140 valence electrons. The predicted molar refractivity (Wildman–Crippen MR) is 113 cm³/mol. The molecule has 0 atom stereocenters. The van der Waals surface area contributed by atoms with E-state index >= 15 is 0 Å². The number of rotatable bonds is 3. The highest BCUT2D eigenvalue weighted by Crippen LogP contribution is 2.22. The van der Waals surface area contributed by atoms with E-state index in [1.165, 1.54) is 16.7 Å². The summed E-state index contributed by atoms with van der Waals surface area (Å²) in [5.41, 5.74) is 5.55. The Balaban J connectivity index is 0.000000194. The maximum atomic E-state index is 10.6. The van der Waals surface area contributed by atoms with E-state index in [1.807, 2.05) is 18.2 Å². The van der Waals surface area contributed by atoms with Gasteiger partial charge in [-0.1, -0.05) is 94.4 Å². The molecular weight excluding hydrogens is 332 g/mol. The zero-order valence-corrected chi connectivity index (χ0v) is 16.6. The number of aromatic carboxylic acids is 1. The molecule has 3 rings (SSSR count). The topological polar surface area (TPSA) is 37.3 Å². The number of benzene rings is 3. The van der Waals surface area contributed by atoms with Gasteiger partial charge in [-0.2, -0.15) is 0 Å². The molecule has 0 aliphatic rings. The molecule has 0 saturated carbocycles. The minimum absolute atomic E-state index is 0.0804. The van der Waals surface area contributed by atoms with Gasteiger partial charge < -0.3 is 5.11 Å². The van der Waals surface area contributed by atoms with Crippen molar-refractivity contribution in [2.24, 2.45) is 0 Å². The van der Waals surface area contributed by atoms with Gasteiger partial charge in [0, 0.05) is 0 Å². The first kappa shape index (κ1) is 20.4. The van der Waals surface area contributed by atoms with E-state index in [9.17, 15) is 4.79 Å². The number of carboxylic acids is 1. The van der Waals surface area contributed by atoms with Crippen LogP contribution in [-0.2, 0) is 11.8 Å². The molecule has 27 heavy (non-hydrogen) atoms. The van der Waals surface area contributed by atoms with Gasteiger partial charge in [-0.3, -0.25) is 0 Å². The largest absolute Gasteiger partial charge is 0.478 e. The van der Waals surface area contributed by atoms with Crippen molar-refractivity contribution in [1.82, 2.24) is 0 Å². The minimum atomic E-state index is -0.875. The molecule has 0 heterocycles. The fourth-order valence-electron chi connectivity index (χ4n) is 2.68. The maximum absolute atomic E-state index is 10.6. The summed E-state index contributed by atoms with van der Waals surface area (Å²) in [6, 6.07) is 26.3. The Morgan fingerprint density at radius 3 is 1.74 bits per heavy atom. The van der Waals surface area contributed by atoms with Crippen LogP contribution < -0.4 is 0 Å². The normalized spacial score (nSPS) is 10.7. The fourth-order valence-corrected chi connectivity index (χ4v) is 2.68. The molecule has 3 aromatic rings. The van der Waals surface area contributed by atoms with Gasteiger partial charge in [-0.15, -0.1) is 0 Å². The van der Waals surface area contributed by atoms with Crippen LogP contribution in [0.4, 0.5) is 0 Å². The zero-order valence-electron chi connectivity index (χ0n) is 16.6. The van der Waals surface area contributed by atoms with Crippen LogP contribution >= 0.6 is 0 Å². The Hall–Kier alpha value is -2.87. The Bertz CT molecular complexity index is 840. The SMILES string of the molecule is CC(C)(C)c1ccc(C(=O)O)cc1.CCc1ccc(-c2ccccc2)cc1. The van der Waals surface area contributed by atoms with Crippen molar-refractivity contribution in [3.05, 3.63) is 95.6 Å². The molecule has 0 aliphatic carbocycles. The third kappa shape index (κ3) is 6.10. The Morgan fingerprint density at radius 1 is 0.778 bits per heavy atom. The lowest BCUT2D eigenvalue weighted by Crippen LogP contribution is -2.11. The summed E-state index contributed by atoms with van der Waals surface area (Å²) in [5.74, 6) is -0.875. The average Bonchev–Trinajstić information content (AvgIpc) is 2.68. The van der Waals surface area contributed by atoms with E-state index in [0.717, 1.165) is 12.0 Å². The first-order valence-electron chi connectivity index (χ1n) is 9.29. The molecule has 0 amide bonds. The highest BCUT2D eigenvalue weighted by atomic mass is 16.4. The molecule has 2 heteroatoms. The summed E-state index contributed by atoms with van der Waals surface area (Å²) in [6.07, 6.45) is 1.11. The van der Waals surface area contributed by atoms with Crippen LogP contribution in [0.2, 0.25) is 0 Å². The van der Waals surface area contributed by atoms with Crippen LogP contribution in [0.5, 0.6) is 0 Å².